The Morgan fingerprint density at radius 1 is 1.00 bits per heavy atom. The van der Waals surface area contributed by atoms with Gasteiger partial charge in [0, 0.05) is 56.8 Å². The summed E-state index contributed by atoms with van der Waals surface area (Å²) in [6, 6.07) is 13.0. The third-order valence-corrected chi connectivity index (χ3v) is 7.75. The van der Waals surface area contributed by atoms with Crippen molar-refractivity contribution in [2.24, 2.45) is 0 Å². The van der Waals surface area contributed by atoms with E-state index in [2.05, 4.69) is 67.6 Å². The van der Waals surface area contributed by atoms with E-state index in [-0.39, 0.29) is 12.1 Å². The van der Waals surface area contributed by atoms with E-state index < -0.39 is 0 Å². The monoisotopic (exact) mass is 486 g/mol. The lowest BCUT2D eigenvalue weighted by atomic mass is 10.1. The average molecular weight is 487 g/mol. The largest absolute Gasteiger partial charge is 0.362 e. The highest BCUT2D eigenvalue weighted by Crippen LogP contribution is 2.22. The summed E-state index contributed by atoms with van der Waals surface area (Å²) in [5, 5.41) is 6.37. The number of benzene rings is 1. The molecule has 2 aromatic rings. The molecule has 0 spiro atoms. The molecule has 190 valence electrons. The van der Waals surface area contributed by atoms with Crippen molar-refractivity contribution in [1.29, 1.82) is 0 Å². The van der Waals surface area contributed by atoms with Gasteiger partial charge in [-0.15, -0.1) is 0 Å². The Balaban J connectivity index is 1.08. The average Bonchev–Trinajstić information content (AvgIpc) is 3.16. The van der Waals surface area contributed by atoms with Crippen LogP contribution in [0, 0.1) is 6.92 Å². The number of carbonyl (C=O) groups excluding carboxylic acids is 1. The molecule has 2 atom stereocenters. The summed E-state index contributed by atoms with van der Waals surface area (Å²) < 4.78 is 0. The molecular weight excluding hydrogens is 448 g/mol. The first-order valence-corrected chi connectivity index (χ1v) is 13.3. The van der Waals surface area contributed by atoms with Gasteiger partial charge in [-0.05, 0) is 74.7 Å². The Labute approximate surface area is 214 Å². The highest BCUT2D eigenvalue weighted by Gasteiger charge is 2.29. The maximum atomic E-state index is 12.7. The molecule has 2 fully saturated rings. The van der Waals surface area contributed by atoms with Crippen molar-refractivity contribution in [2.45, 2.75) is 44.9 Å². The van der Waals surface area contributed by atoms with Gasteiger partial charge in [-0.3, -0.25) is 24.5 Å². The van der Waals surface area contributed by atoms with Gasteiger partial charge in [0.25, 0.3) is 5.91 Å². The van der Waals surface area contributed by atoms with Crippen LogP contribution in [0.3, 0.4) is 0 Å². The van der Waals surface area contributed by atoms with Gasteiger partial charge in [-0.1, -0.05) is 30.3 Å². The molecule has 1 aromatic carbocycles. The molecule has 1 aromatic heterocycles. The second kappa shape index (κ2) is 11.8. The molecule has 0 bridgehead atoms. The number of allylic oxidation sites excluding steroid dienone is 2. The maximum absolute atomic E-state index is 12.7. The number of aromatic nitrogens is 1. The number of likely N-dealkylation sites (tertiary alicyclic amines) is 1. The van der Waals surface area contributed by atoms with Crippen molar-refractivity contribution in [2.75, 3.05) is 44.6 Å². The van der Waals surface area contributed by atoms with E-state index in [1.807, 2.05) is 12.2 Å². The highest BCUT2D eigenvalue weighted by molar-refractivity contribution is 6.03. The molecule has 36 heavy (non-hydrogen) atoms. The van der Waals surface area contributed by atoms with Crippen molar-refractivity contribution in [1.82, 2.24) is 25.0 Å². The predicted octanol–water partition coefficient (Wildman–Crippen LogP) is 3.37. The minimum absolute atomic E-state index is 0.0501. The summed E-state index contributed by atoms with van der Waals surface area (Å²) >= 11 is 0. The summed E-state index contributed by atoms with van der Waals surface area (Å²) in [7, 11) is 0. The van der Waals surface area contributed by atoms with Crippen molar-refractivity contribution < 1.29 is 4.79 Å². The van der Waals surface area contributed by atoms with Gasteiger partial charge in [0.2, 0.25) is 0 Å². The molecule has 5 rings (SSSR count). The van der Waals surface area contributed by atoms with Crippen LogP contribution in [0.4, 0.5) is 5.69 Å². The summed E-state index contributed by atoms with van der Waals surface area (Å²) in [6.07, 6.45) is 13.2. The zero-order valence-corrected chi connectivity index (χ0v) is 21.3. The van der Waals surface area contributed by atoms with Crippen LogP contribution >= 0.6 is 0 Å². The number of nitrogens with one attached hydrogen (secondary N) is 2. The van der Waals surface area contributed by atoms with E-state index in [9.17, 15) is 4.79 Å². The van der Waals surface area contributed by atoms with Crippen LogP contribution in [-0.2, 0) is 11.3 Å². The molecule has 0 saturated carbocycles. The lowest BCUT2D eigenvalue weighted by molar-refractivity contribution is -0.113. The SMILES string of the molecule is Cc1ccccc1CN1CCCC(N2CCN([C@H]3C=CC=C(C(=O)Nc4ccncc4)N3)CC2)CC1. The van der Waals surface area contributed by atoms with Gasteiger partial charge in [-0.25, -0.2) is 0 Å². The lowest BCUT2D eigenvalue weighted by Crippen LogP contribution is -2.56. The Morgan fingerprint density at radius 3 is 2.58 bits per heavy atom. The predicted molar refractivity (Wildman–Crippen MR) is 144 cm³/mol. The molecular formula is C29H38N6O. The molecule has 3 aliphatic heterocycles. The van der Waals surface area contributed by atoms with E-state index in [1.54, 1.807) is 24.5 Å². The molecule has 1 unspecified atom stereocenters. The fourth-order valence-electron chi connectivity index (χ4n) is 5.57. The fraction of sp³-hybridized carbons (Fsp3) is 0.448. The Kier molecular flexibility index (Phi) is 8.11. The van der Waals surface area contributed by atoms with Gasteiger partial charge in [0.05, 0.1) is 6.17 Å². The van der Waals surface area contributed by atoms with Crippen molar-refractivity contribution in [3.8, 4) is 0 Å². The van der Waals surface area contributed by atoms with Crippen LogP contribution in [0.25, 0.3) is 0 Å². The molecule has 2 saturated heterocycles. The van der Waals surface area contributed by atoms with Crippen LogP contribution in [0.15, 0.2) is 72.7 Å². The quantitative estimate of drug-likeness (QED) is 0.653. The molecule has 7 heteroatoms. The first kappa shape index (κ1) is 24.7. The summed E-state index contributed by atoms with van der Waals surface area (Å²) in [4.78, 5) is 24.5. The molecule has 0 radical (unpaired) electrons. The number of aryl methyl sites for hydroxylation is 1. The van der Waals surface area contributed by atoms with E-state index in [4.69, 9.17) is 0 Å². The van der Waals surface area contributed by atoms with E-state index in [1.165, 1.54) is 43.5 Å². The van der Waals surface area contributed by atoms with E-state index in [0.29, 0.717) is 11.7 Å². The molecule has 3 aliphatic rings. The molecule has 2 N–H and O–H groups in total. The van der Waals surface area contributed by atoms with Crippen molar-refractivity contribution >= 4 is 11.6 Å². The zero-order chi connectivity index (χ0) is 24.7. The number of dihydropyridines is 1. The molecule has 0 aliphatic carbocycles. The Bertz CT molecular complexity index is 1080. The number of anilines is 1. The number of nitrogens with zero attached hydrogens (tertiary/aromatic N) is 4. The number of hydrogen-bond acceptors (Lipinski definition) is 6. The van der Waals surface area contributed by atoms with E-state index >= 15 is 0 Å². The van der Waals surface area contributed by atoms with Gasteiger partial charge in [0.1, 0.15) is 5.70 Å². The van der Waals surface area contributed by atoms with Crippen LogP contribution < -0.4 is 10.6 Å². The van der Waals surface area contributed by atoms with Crippen LogP contribution in [0.5, 0.6) is 0 Å². The smallest absolute Gasteiger partial charge is 0.271 e. The number of piperazine rings is 1. The Morgan fingerprint density at radius 2 is 1.78 bits per heavy atom. The fourth-order valence-corrected chi connectivity index (χ4v) is 5.57. The third-order valence-electron chi connectivity index (χ3n) is 7.75. The minimum Gasteiger partial charge on any atom is -0.362 e. The van der Waals surface area contributed by atoms with Gasteiger partial charge >= 0.3 is 0 Å². The van der Waals surface area contributed by atoms with Crippen molar-refractivity contribution in [3.05, 3.63) is 83.8 Å². The van der Waals surface area contributed by atoms with Gasteiger partial charge in [0.15, 0.2) is 0 Å². The molecule has 4 heterocycles. The summed E-state index contributed by atoms with van der Waals surface area (Å²) in [5.41, 5.74) is 4.20. The normalized spacial score (nSPS) is 24.0. The van der Waals surface area contributed by atoms with Crippen molar-refractivity contribution in [3.63, 3.8) is 0 Å². The number of amides is 1. The van der Waals surface area contributed by atoms with Gasteiger partial charge < -0.3 is 10.6 Å². The van der Waals surface area contributed by atoms with E-state index in [0.717, 1.165) is 38.4 Å². The third kappa shape index (κ3) is 6.22. The summed E-state index contributed by atoms with van der Waals surface area (Å²) in [5.74, 6) is -0.122. The number of hydrogen-bond donors (Lipinski definition) is 2. The maximum Gasteiger partial charge on any atom is 0.271 e. The summed E-state index contributed by atoms with van der Waals surface area (Å²) in [6.45, 7) is 9.82. The second-order valence-electron chi connectivity index (χ2n) is 10.1. The van der Waals surface area contributed by atoms with Crippen LogP contribution in [0.2, 0.25) is 0 Å². The zero-order valence-electron chi connectivity index (χ0n) is 21.3. The minimum atomic E-state index is -0.122. The number of rotatable bonds is 6. The second-order valence-corrected chi connectivity index (χ2v) is 10.1. The topological polar surface area (TPSA) is 63.7 Å². The number of pyridine rings is 1. The lowest BCUT2D eigenvalue weighted by Gasteiger charge is -2.42. The van der Waals surface area contributed by atoms with Crippen LogP contribution in [-0.4, -0.2) is 77.1 Å². The molecule has 7 nitrogen and oxygen atoms in total. The van der Waals surface area contributed by atoms with Crippen LogP contribution in [0.1, 0.15) is 30.4 Å². The standard InChI is InChI=1S/C29H38N6O/c1-23-6-2-3-7-24(23)22-33-16-5-8-26(13-17-33)34-18-20-35(21-19-34)28-10-4-9-27(32-28)29(36)31-25-11-14-30-15-12-25/h2-4,6-7,9-12,14-15,26,28,32H,5,8,13,16-22H2,1H3,(H,30,31,36)/t26?,28-/m0/s1. The number of carbonyl (C=O) groups is 1. The first-order chi connectivity index (χ1) is 17.7. The molecule has 1 amide bonds. The van der Waals surface area contributed by atoms with Gasteiger partial charge in [-0.2, -0.15) is 0 Å². The highest BCUT2D eigenvalue weighted by atomic mass is 16.2. The Hall–Kier alpha value is -3.00. The first-order valence-electron chi connectivity index (χ1n) is 13.3.